The number of hydrogen-bond acceptors (Lipinski definition) is 3. The van der Waals surface area contributed by atoms with E-state index in [0.29, 0.717) is 5.56 Å². The summed E-state index contributed by atoms with van der Waals surface area (Å²) in [5.74, 6) is 0.318. The standard InChI is InChI=1S/C12H14N2O2/c1-9(13-14-6-2-3-7-14)11-8-10(15)4-5-12(11)16/h2-9,13,15-16H,1H3. The fourth-order valence-corrected chi connectivity index (χ4v) is 1.60. The minimum absolute atomic E-state index is 0.0977. The predicted molar refractivity (Wildman–Crippen MR) is 62.0 cm³/mol. The Labute approximate surface area is 93.7 Å². The highest BCUT2D eigenvalue weighted by Crippen LogP contribution is 2.28. The van der Waals surface area contributed by atoms with Gasteiger partial charge in [0.25, 0.3) is 0 Å². The van der Waals surface area contributed by atoms with Crippen molar-refractivity contribution in [3.8, 4) is 11.5 Å². The topological polar surface area (TPSA) is 57.4 Å². The average molecular weight is 218 g/mol. The summed E-state index contributed by atoms with van der Waals surface area (Å²) in [6.07, 6.45) is 3.74. The van der Waals surface area contributed by atoms with E-state index in [4.69, 9.17) is 0 Å². The van der Waals surface area contributed by atoms with Crippen LogP contribution in [0.2, 0.25) is 0 Å². The van der Waals surface area contributed by atoms with Gasteiger partial charge in [-0.3, -0.25) is 4.68 Å². The summed E-state index contributed by atoms with van der Waals surface area (Å²) in [4.78, 5) is 0. The highest BCUT2D eigenvalue weighted by atomic mass is 16.3. The lowest BCUT2D eigenvalue weighted by Crippen LogP contribution is -2.16. The van der Waals surface area contributed by atoms with Crippen LogP contribution in [0, 0.1) is 0 Å². The van der Waals surface area contributed by atoms with Gasteiger partial charge in [0.05, 0.1) is 6.04 Å². The highest BCUT2D eigenvalue weighted by molar-refractivity contribution is 5.41. The first-order valence-corrected chi connectivity index (χ1v) is 5.08. The van der Waals surface area contributed by atoms with Gasteiger partial charge >= 0.3 is 0 Å². The largest absolute Gasteiger partial charge is 0.508 e. The Morgan fingerprint density at radius 1 is 1.19 bits per heavy atom. The van der Waals surface area contributed by atoms with Gasteiger partial charge in [0, 0.05) is 18.0 Å². The minimum atomic E-state index is -0.0977. The van der Waals surface area contributed by atoms with Crippen LogP contribution in [0.5, 0.6) is 11.5 Å². The predicted octanol–water partition coefficient (Wildman–Crippen LogP) is 2.20. The van der Waals surface area contributed by atoms with Gasteiger partial charge in [-0.15, -0.1) is 0 Å². The van der Waals surface area contributed by atoms with Crippen molar-refractivity contribution in [2.45, 2.75) is 13.0 Å². The molecule has 16 heavy (non-hydrogen) atoms. The number of rotatable bonds is 3. The van der Waals surface area contributed by atoms with Crippen molar-refractivity contribution in [3.63, 3.8) is 0 Å². The Morgan fingerprint density at radius 2 is 1.88 bits per heavy atom. The molecule has 0 amide bonds. The monoisotopic (exact) mass is 218 g/mol. The molecule has 1 atom stereocenters. The molecule has 3 N–H and O–H groups in total. The van der Waals surface area contributed by atoms with E-state index in [-0.39, 0.29) is 17.5 Å². The number of phenols is 2. The summed E-state index contributed by atoms with van der Waals surface area (Å²) < 4.78 is 1.80. The molecular formula is C12H14N2O2. The molecule has 0 bridgehead atoms. The first-order chi connectivity index (χ1) is 7.66. The number of phenolic OH excluding ortho intramolecular Hbond substituents is 2. The zero-order valence-corrected chi connectivity index (χ0v) is 8.96. The lowest BCUT2D eigenvalue weighted by Gasteiger charge is -2.17. The molecule has 0 aliphatic rings. The zero-order chi connectivity index (χ0) is 11.5. The molecule has 0 saturated heterocycles. The third kappa shape index (κ3) is 2.11. The summed E-state index contributed by atoms with van der Waals surface area (Å²) in [6, 6.07) is 8.21. The second-order valence-electron chi connectivity index (χ2n) is 3.68. The third-order valence-corrected chi connectivity index (χ3v) is 2.42. The fraction of sp³-hybridized carbons (Fsp3) is 0.167. The van der Waals surface area contributed by atoms with E-state index in [1.807, 2.05) is 31.5 Å². The lowest BCUT2D eigenvalue weighted by molar-refractivity contribution is 0.450. The van der Waals surface area contributed by atoms with Crippen LogP contribution in [0.1, 0.15) is 18.5 Å². The molecule has 1 heterocycles. The lowest BCUT2D eigenvalue weighted by atomic mass is 10.1. The van der Waals surface area contributed by atoms with E-state index in [2.05, 4.69) is 5.43 Å². The van der Waals surface area contributed by atoms with Crippen LogP contribution >= 0.6 is 0 Å². The third-order valence-electron chi connectivity index (χ3n) is 2.42. The van der Waals surface area contributed by atoms with Crippen molar-refractivity contribution in [1.82, 2.24) is 4.68 Å². The van der Waals surface area contributed by atoms with E-state index in [1.54, 1.807) is 10.7 Å². The molecule has 0 saturated carbocycles. The number of nitrogens with zero attached hydrogens (tertiary/aromatic N) is 1. The normalized spacial score (nSPS) is 12.3. The first-order valence-electron chi connectivity index (χ1n) is 5.08. The van der Waals surface area contributed by atoms with Gasteiger partial charge in [0.2, 0.25) is 0 Å². The van der Waals surface area contributed by atoms with Crippen LogP contribution in [0.4, 0.5) is 0 Å². The number of aromatic nitrogens is 1. The Kier molecular flexibility index (Phi) is 2.72. The maximum atomic E-state index is 9.67. The molecule has 1 aromatic carbocycles. The van der Waals surface area contributed by atoms with Gasteiger partial charge in [-0.2, -0.15) is 0 Å². The van der Waals surface area contributed by atoms with E-state index in [1.165, 1.54) is 12.1 Å². The summed E-state index contributed by atoms with van der Waals surface area (Å²) in [7, 11) is 0. The van der Waals surface area contributed by atoms with Gasteiger partial charge < -0.3 is 15.6 Å². The van der Waals surface area contributed by atoms with Gasteiger partial charge in [-0.05, 0) is 37.3 Å². The highest BCUT2D eigenvalue weighted by Gasteiger charge is 2.10. The SMILES string of the molecule is CC(Nn1cccc1)c1cc(O)ccc1O. The summed E-state index contributed by atoms with van der Waals surface area (Å²) >= 11 is 0. The van der Waals surface area contributed by atoms with E-state index in [9.17, 15) is 10.2 Å². The van der Waals surface area contributed by atoms with Crippen molar-refractivity contribution in [2.75, 3.05) is 5.43 Å². The Hall–Kier alpha value is -2.10. The van der Waals surface area contributed by atoms with Gasteiger partial charge in [-0.1, -0.05) is 0 Å². The maximum absolute atomic E-state index is 9.67. The van der Waals surface area contributed by atoms with Crippen LogP contribution in [0.15, 0.2) is 42.7 Å². The number of hydrogen-bond donors (Lipinski definition) is 3. The van der Waals surface area contributed by atoms with Crippen LogP contribution in [0.3, 0.4) is 0 Å². The second-order valence-corrected chi connectivity index (χ2v) is 3.68. The van der Waals surface area contributed by atoms with Crippen LogP contribution < -0.4 is 5.43 Å². The van der Waals surface area contributed by atoms with Crippen LogP contribution in [0.25, 0.3) is 0 Å². The molecule has 2 rings (SSSR count). The van der Waals surface area contributed by atoms with Crippen molar-refractivity contribution in [1.29, 1.82) is 0 Å². The molecular weight excluding hydrogens is 204 g/mol. The molecule has 4 heteroatoms. The molecule has 1 aromatic heterocycles. The van der Waals surface area contributed by atoms with Crippen molar-refractivity contribution in [2.24, 2.45) is 0 Å². The quantitative estimate of drug-likeness (QED) is 0.692. The van der Waals surface area contributed by atoms with Crippen molar-refractivity contribution < 1.29 is 10.2 Å². The molecule has 4 nitrogen and oxygen atoms in total. The Balaban J connectivity index is 2.20. The fourth-order valence-electron chi connectivity index (χ4n) is 1.60. The van der Waals surface area contributed by atoms with Crippen LogP contribution in [-0.2, 0) is 0 Å². The second kappa shape index (κ2) is 4.18. The van der Waals surface area contributed by atoms with Crippen LogP contribution in [-0.4, -0.2) is 14.9 Å². The molecule has 0 aliphatic heterocycles. The minimum Gasteiger partial charge on any atom is -0.508 e. The molecule has 0 spiro atoms. The van der Waals surface area contributed by atoms with E-state index < -0.39 is 0 Å². The first kappa shape index (κ1) is 10.4. The zero-order valence-electron chi connectivity index (χ0n) is 8.96. The molecule has 84 valence electrons. The summed E-state index contributed by atoms with van der Waals surface area (Å²) in [6.45, 7) is 1.91. The number of nitrogens with one attached hydrogen (secondary N) is 1. The van der Waals surface area contributed by atoms with Gasteiger partial charge in [0.15, 0.2) is 0 Å². The van der Waals surface area contributed by atoms with Crippen molar-refractivity contribution >= 4 is 0 Å². The molecule has 1 unspecified atom stereocenters. The number of aromatic hydroxyl groups is 2. The molecule has 0 fully saturated rings. The van der Waals surface area contributed by atoms with E-state index >= 15 is 0 Å². The molecule has 0 aliphatic carbocycles. The summed E-state index contributed by atoms with van der Waals surface area (Å²) in [5.41, 5.74) is 3.81. The number of benzene rings is 1. The smallest absolute Gasteiger partial charge is 0.121 e. The molecule has 0 radical (unpaired) electrons. The Morgan fingerprint density at radius 3 is 2.56 bits per heavy atom. The van der Waals surface area contributed by atoms with Crippen molar-refractivity contribution in [3.05, 3.63) is 48.3 Å². The van der Waals surface area contributed by atoms with Gasteiger partial charge in [0.1, 0.15) is 11.5 Å². The molecule has 2 aromatic rings. The van der Waals surface area contributed by atoms with Gasteiger partial charge in [-0.25, -0.2) is 0 Å². The average Bonchev–Trinajstić information content (AvgIpc) is 2.74. The summed E-state index contributed by atoms with van der Waals surface area (Å²) in [5, 5.41) is 19.0. The maximum Gasteiger partial charge on any atom is 0.121 e. The van der Waals surface area contributed by atoms with E-state index in [0.717, 1.165) is 0 Å². The Bertz CT molecular complexity index is 466.